The Morgan fingerprint density at radius 2 is 0.857 bits per heavy atom. The van der Waals surface area contributed by atoms with E-state index in [1.165, 1.54) is 5.56 Å². The number of rotatable bonds is 0. The predicted molar refractivity (Wildman–Crippen MR) is 66.2 cm³/mol. The zero-order valence-electron chi connectivity index (χ0n) is 8.56. The average molecular weight is 379 g/mol. The summed E-state index contributed by atoms with van der Waals surface area (Å²) >= 11 is 0. The third-order valence-electron chi connectivity index (χ3n) is 1.61. The first-order chi connectivity index (χ1) is 6.39. The summed E-state index contributed by atoms with van der Waals surface area (Å²) in [7, 11) is 0. The van der Waals surface area contributed by atoms with Crippen LogP contribution in [-0.2, 0) is 0 Å². The van der Waals surface area contributed by atoms with E-state index in [2.05, 4.69) is 19.1 Å². The second-order valence-corrected chi connectivity index (χ2v) is 2.81. The van der Waals surface area contributed by atoms with Gasteiger partial charge in [-0.3, -0.25) is 0 Å². The van der Waals surface area contributed by atoms with Crippen LogP contribution in [0.5, 0.6) is 0 Å². The van der Waals surface area contributed by atoms with E-state index >= 15 is 0 Å². The Hall–Kier alpha value is -0.638. The smallest absolute Gasteiger partial charge is 0.0623 e. The standard InChI is InChI=1S/C7H8.C6H6.Pb.2H/c1-7-5-3-2-4-6-7;1-2-4-6-5-3-1;;;/h2-6H,1H3;1-6H;;;. The minimum Gasteiger partial charge on any atom is -0.0623 e. The molecule has 0 aliphatic heterocycles. The minimum atomic E-state index is 0. The molecule has 2 aromatic carbocycles. The maximum atomic E-state index is 2.08. The van der Waals surface area contributed by atoms with Crippen molar-refractivity contribution in [2.75, 3.05) is 0 Å². The van der Waals surface area contributed by atoms with Crippen LogP contribution in [0.25, 0.3) is 0 Å². The van der Waals surface area contributed by atoms with Crippen LogP contribution < -0.4 is 0 Å². The van der Waals surface area contributed by atoms with Gasteiger partial charge in [-0.2, -0.15) is 0 Å². The van der Waals surface area contributed by atoms with Crippen molar-refractivity contribution in [3.8, 4) is 0 Å². The van der Waals surface area contributed by atoms with Crippen molar-refractivity contribution in [3.63, 3.8) is 0 Å². The van der Waals surface area contributed by atoms with E-state index in [9.17, 15) is 0 Å². The van der Waals surface area contributed by atoms with Crippen molar-refractivity contribution < 1.29 is 0 Å². The molecule has 0 spiro atoms. The fourth-order valence-electron chi connectivity index (χ4n) is 0.919. The fourth-order valence-corrected chi connectivity index (χ4v) is 0.919. The van der Waals surface area contributed by atoms with Gasteiger partial charge in [-0.05, 0) is 6.92 Å². The van der Waals surface area contributed by atoms with E-state index < -0.39 is 0 Å². The molecule has 2 rings (SSSR count). The van der Waals surface area contributed by atoms with Crippen molar-refractivity contribution in [1.82, 2.24) is 0 Å². The summed E-state index contributed by atoms with van der Waals surface area (Å²) in [5.41, 5.74) is 1.32. The van der Waals surface area contributed by atoms with Gasteiger partial charge in [0.25, 0.3) is 0 Å². The zero-order valence-corrected chi connectivity index (χ0v) is 14.1. The zero-order chi connectivity index (χ0) is 9.36. The van der Waals surface area contributed by atoms with Gasteiger partial charge in [0.1, 0.15) is 0 Å². The summed E-state index contributed by atoms with van der Waals surface area (Å²) in [4.78, 5) is 0. The number of hydrogen-bond acceptors (Lipinski definition) is 0. The van der Waals surface area contributed by atoms with Crippen LogP contribution in [0.1, 0.15) is 5.56 Å². The first kappa shape index (κ1) is 13.4. The van der Waals surface area contributed by atoms with Gasteiger partial charge < -0.3 is 0 Å². The van der Waals surface area contributed by atoms with E-state index in [4.69, 9.17) is 0 Å². The largest absolute Gasteiger partial charge is 0.0623 e. The molecule has 0 heterocycles. The molecule has 0 saturated heterocycles. The Labute approximate surface area is 106 Å². The van der Waals surface area contributed by atoms with Crippen molar-refractivity contribution in [2.45, 2.75) is 6.92 Å². The van der Waals surface area contributed by atoms with Crippen LogP contribution in [0.2, 0.25) is 0 Å². The van der Waals surface area contributed by atoms with Crippen molar-refractivity contribution in [2.24, 2.45) is 0 Å². The van der Waals surface area contributed by atoms with E-state index in [0.29, 0.717) is 0 Å². The molecule has 0 amide bonds. The van der Waals surface area contributed by atoms with E-state index in [1.54, 1.807) is 0 Å². The number of benzene rings is 2. The Morgan fingerprint density at radius 3 is 1.07 bits per heavy atom. The summed E-state index contributed by atoms with van der Waals surface area (Å²) in [5.74, 6) is 0. The summed E-state index contributed by atoms with van der Waals surface area (Å²) in [5, 5.41) is 0. The summed E-state index contributed by atoms with van der Waals surface area (Å²) in [6.07, 6.45) is 0. The molecule has 14 heavy (non-hydrogen) atoms. The Kier molecular flexibility index (Phi) is 8.53. The maximum Gasteiger partial charge on any atom is -0.0623 e. The molecule has 1 heteroatoms. The van der Waals surface area contributed by atoms with Gasteiger partial charge >= 0.3 is 27.3 Å². The molecule has 2 radical (unpaired) electrons. The fraction of sp³-hybridized carbons (Fsp3) is 0.0769. The Bertz CT molecular complexity index is 276. The number of aryl methyl sites for hydroxylation is 1. The summed E-state index contributed by atoms with van der Waals surface area (Å²) in [6, 6.07) is 22.3. The van der Waals surface area contributed by atoms with Gasteiger partial charge in [-0.25, -0.2) is 0 Å². The normalized spacial score (nSPS) is 7.79. The monoisotopic (exact) mass is 380 g/mol. The predicted octanol–water partition coefficient (Wildman–Crippen LogP) is 2.77. The van der Waals surface area contributed by atoms with Crippen LogP contribution in [-0.4, -0.2) is 27.3 Å². The third-order valence-corrected chi connectivity index (χ3v) is 1.61. The Balaban J connectivity index is 0.000000227. The maximum absolute atomic E-state index is 2.08. The van der Waals surface area contributed by atoms with Gasteiger partial charge in [0, 0.05) is 0 Å². The molecule has 0 fully saturated rings. The molecular formula is C13H16Pb. The second kappa shape index (κ2) is 8.94. The molecule has 0 aromatic heterocycles. The molecule has 72 valence electrons. The molecule has 0 atom stereocenters. The van der Waals surface area contributed by atoms with Crippen LogP contribution in [0.15, 0.2) is 66.7 Å². The van der Waals surface area contributed by atoms with Gasteiger partial charge in [0.2, 0.25) is 0 Å². The van der Waals surface area contributed by atoms with Gasteiger partial charge in [0.15, 0.2) is 0 Å². The van der Waals surface area contributed by atoms with Crippen LogP contribution >= 0.6 is 0 Å². The van der Waals surface area contributed by atoms with E-state index in [0.717, 1.165) is 0 Å². The van der Waals surface area contributed by atoms with Gasteiger partial charge in [0.05, 0.1) is 0 Å². The van der Waals surface area contributed by atoms with Crippen molar-refractivity contribution in [3.05, 3.63) is 72.3 Å². The molecular weight excluding hydrogens is 363 g/mol. The minimum absolute atomic E-state index is 0. The topological polar surface area (TPSA) is 0 Å². The molecule has 0 aliphatic rings. The van der Waals surface area contributed by atoms with Crippen molar-refractivity contribution >= 4 is 27.3 Å². The van der Waals surface area contributed by atoms with Gasteiger partial charge in [-0.1, -0.05) is 72.3 Å². The molecule has 0 nitrogen and oxygen atoms in total. The van der Waals surface area contributed by atoms with Crippen LogP contribution in [0, 0.1) is 6.92 Å². The number of hydrogen-bond donors (Lipinski definition) is 0. The van der Waals surface area contributed by atoms with Crippen molar-refractivity contribution in [1.29, 1.82) is 0 Å². The first-order valence-corrected chi connectivity index (χ1v) is 4.41. The molecule has 2 aromatic rings. The molecule has 0 bridgehead atoms. The second-order valence-electron chi connectivity index (χ2n) is 2.81. The molecule has 0 aliphatic carbocycles. The molecule has 0 unspecified atom stereocenters. The average Bonchev–Trinajstić information content (AvgIpc) is 2.22. The van der Waals surface area contributed by atoms with E-state index in [-0.39, 0.29) is 27.3 Å². The van der Waals surface area contributed by atoms with Crippen LogP contribution in [0.3, 0.4) is 0 Å². The molecule has 0 saturated carbocycles. The summed E-state index contributed by atoms with van der Waals surface area (Å²) < 4.78 is 0. The van der Waals surface area contributed by atoms with Crippen LogP contribution in [0.4, 0.5) is 0 Å². The quantitative estimate of drug-likeness (QED) is 0.618. The first-order valence-electron chi connectivity index (χ1n) is 4.41. The SMILES string of the molecule is Cc1ccccc1.[PbH2].c1ccccc1. The molecule has 0 N–H and O–H groups in total. The van der Waals surface area contributed by atoms with Gasteiger partial charge in [-0.15, -0.1) is 0 Å². The third kappa shape index (κ3) is 6.83. The Morgan fingerprint density at radius 1 is 0.571 bits per heavy atom. The van der Waals surface area contributed by atoms with E-state index in [1.807, 2.05) is 54.6 Å². The summed E-state index contributed by atoms with van der Waals surface area (Å²) in [6.45, 7) is 2.08.